The number of rotatable bonds is 4. The van der Waals surface area contributed by atoms with E-state index in [4.69, 9.17) is 10.5 Å². The van der Waals surface area contributed by atoms with E-state index in [0.29, 0.717) is 19.8 Å². The summed E-state index contributed by atoms with van der Waals surface area (Å²) < 4.78 is 5.36. The lowest BCUT2D eigenvalue weighted by molar-refractivity contribution is -0.136. The van der Waals surface area contributed by atoms with Crippen LogP contribution < -0.4 is 11.1 Å². The van der Waals surface area contributed by atoms with Gasteiger partial charge in [-0.2, -0.15) is 0 Å². The summed E-state index contributed by atoms with van der Waals surface area (Å²) in [5.74, 6) is 2.70. The van der Waals surface area contributed by atoms with E-state index in [0.717, 1.165) is 37.1 Å². The van der Waals surface area contributed by atoms with Crippen LogP contribution in [0.15, 0.2) is 0 Å². The highest BCUT2D eigenvalue weighted by molar-refractivity contribution is 5.83. The molecule has 3 fully saturated rings. The Labute approximate surface area is 115 Å². The Morgan fingerprint density at radius 1 is 1.26 bits per heavy atom. The van der Waals surface area contributed by atoms with Gasteiger partial charge in [-0.15, -0.1) is 0 Å². The minimum atomic E-state index is -0.365. The van der Waals surface area contributed by atoms with Crippen molar-refractivity contribution < 1.29 is 9.53 Å². The van der Waals surface area contributed by atoms with E-state index in [-0.39, 0.29) is 11.3 Å². The highest BCUT2D eigenvalue weighted by Crippen LogP contribution is 2.48. The van der Waals surface area contributed by atoms with Gasteiger partial charge in [-0.05, 0) is 49.9 Å². The zero-order valence-electron chi connectivity index (χ0n) is 11.7. The van der Waals surface area contributed by atoms with Crippen molar-refractivity contribution in [3.8, 4) is 0 Å². The Balaban J connectivity index is 1.52. The average molecular weight is 266 g/mol. The molecule has 3 atom stereocenters. The van der Waals surface area contributed by atoms with E-state index in [9.17, 15) is 4.79 Å². The van der Waals surface area contributed by atoms with Crippen molar-refractivity contribution >= 4 is 5.91 Å². The van der Waals surface area contributed by atoms with Crippen molar-refractivity contribution in [1.82, 2.24) is 5.32 Å². The zero-order chi connectivity index (χ0) is 13.3. The molecule has 108 valence electrons. The SMILES string of the molecule is NCC1(C(=O)NCC2CC3CCC2C3)CCOCC1. The topological polar surface area (TPSA) is 64.4 Å². The van der Waals surface area contributed by atoms with Crippen molar-refractivity contribution in [2.75, 3.05) is 26.3 Å². The quantitative estimate of drug-likeness (QED) is 0.806. The van der Waals surface area contributed by atoms with Crippen LogP contribution in [0.5, 0.6) is 0 Å². The molecular formula is C15H26N2O2. The molecule has 3 N–H and O–H groups in total. The Hall–Kier alpha value is -0.610. The first-order valence-electron chi connectivity index (χ1n) is 7.80. The molecular weight excluding hydrogens is 240 g/mol. The standard InChI is InChI=1S/C15H26N2O2/c16-10-15(3-5-19-6-4-15)14(18)17-9-13-8-11-1-2-12(13)7-11/h11-13H,1-10,16H2,(H,17,18). The van der Waals surface area contributed by atoms with E-state index in [2.05, 4.69) is 5.32 Å². The van der Waals surface area contributed by atoms with E-state index < -0.39 is 0 Å². The third kappa shape index (κ3) is 2.52. The summed E-state index contributed by atoms with van der Waals surface area (Å²) in [5, 5.41) is 3.20. The van der Waals surface area contributed by atoms with Crippen LogP contribution in [-0.4, -0.2) is 32.2 Å². The highest BCUT2D eigenvalue weighted by Gasteiger charge is 2.42. The summed E-state index contributed by atoms with van der Waals surface area (Å²) in [6, 6.07) is 0. The second-order valence-electron chi connectivity index (χ2n) is 6.74. The maximum absolute atomic E-state index is 12.5. The van der Waals surface area contributed by atoms with Crippen LogP contribution in [0.2, 0.25) is 0 Å². The molecule has 2 bridgehead atoms. The molecule has 3 aliphatic rings. The summed E-state index contributed by atoms with van der Waals surface area (Å²) >= 11 is 0. The molecule has 4 heteroatoms. The second-order valence-corrected chi connectivity index (χ2v) is 6.74. The smallest absolute Gasteiger partial charge is 0.227 e. The second kappa shape index (κ2) is 5.41. The molecule has 0 radical (unpaired) electrons. The van der Waals surface area contributed by atoms with Gasteiger partial charge in [0.25, 0.3) is 0 Å². The number of amides is 1. The first-order chi connectivity index (χ1) is 9.23. The summed E-state index contributed by atoms with van der Waals surface area (Å²) in [6.45, 7) is 2.64. The maximum atomic E-state index is 12.5. The Bertz CT molecular complexity index is 339. The molecule has 1 saturated heterocycles. The van der Waals surface area contributed by atoms with Crippen LogP contribution in [0, 0.1) is 23.2 Å². The number of hydrogen-bond donors (Lipinski definition) is 2. The normalized spacial score (nSPS) is 36.4. The fourth-order valence-corrected chi connectivity index (χ4v) is 4.32. The van der Waals surface area contributed by atoms with Crippen molar-refractivity contribution in [2.24, 2.45) is 28.9 Å². The number of hydrogen-bond acceptors (Lipinski definition) is 3. The van der Waals surface area contributed by atoms with Crippen LogP contribution in [0.3, 0.4) is 0 Å². The molecule has 19 heavy (non-hydrogen) atoms. The summed E-state index contributed by atoms with van der Waals surface area (Å²) in [6.07, 6.45) is 7.05. The lowest BCUT2D eigenvalue weighted by atomic mass is 9.79. The molecule has 1 heterocycles. The van der Waals surface area contributed by atoms with Gasteiger partial charge >= 0.3 is 0 Å². The van der Waals surface area contributed by atoms with Crippen LogP contribution >= 0.6 is 0 Å². The van der Waals surface area contributed by atoms with Gasteiger partial charge in [0.2, 0.25) is 5.91 Å². The van der Waals surface area contributed by atoms with Crippen LogP contribution in [0.4, 0.5) is 0 Å². The monoisotopic (exact) mass is 266 g/mol. The largest absolute Gasteiger partial charge is 0.381 e. The number of nitrogens with one attached hydrogen (secondary N) is 1. The van der Waals surface area contributed by atoms with Gasteiger partial charge < -0.3 is 15.8 Å². The van der Waals surface area contributed by atoms with Crippen LogP contribution in [0.25, 0.3) is 0 Å². The molecule has 4 nitrogen and oxygen atoms in total. The summed E-state index contributed by atoms with van der Waals surface area (Å²) in [4.78, 5) is 12.5. The van der Waals surface area contributed by atoms with Crippen molar-refractivity contribution in [2.45, 2.75) is 38.5 Å². The molecule has 1 aliphatic heterocycles. The first kappa shape index (κ1) is 13.4. The number of nitrogens with two attached hydrogens (primary N) is 1. The molecule has 1 amide bonds. The van der Waals surface area contributed by atoms with Gasteiger partial charge in [-0.3, -0.25) is 4.79 Å². The predicted octanol–water partition coefficient (Wildman–Crippen LogP) is 1.29. The van der Waals surface area contributed by atoms with Gasteiger partial charge in [-0.1, -0.05) is 6.42 Å². The van der Waals surface area contributed by atoms with E-state index in [1.54, 1.807) is 0 Å². The van der Waals surface area contributed by atoms with Crippen molar-refractivity contribution in [3.63, 3.8) is 0 Å². The number of ether oxygens (including phenoxy) is 1. The molecule has 0 aromatic heterocycles. The fourth-order valence-electron chi connectivity index (χ4n) is 4.32. The lowest BCUT2D eigenvalue weighted by Gasteiger charge is -2.35. The first-order valence-corrected chi connectivity index (χ1v) is 7.80. The Kier molecular flexibility index (Phi) is 3.81. The molecule has 0 spiro atoms. The van der Waals surface area contributed by atoms with Crippen molar-refractivity contribution in [3.05, 3.63) is 0 Å². The van der Waals surface area contributed by atoms with Crippen LogP contribution in [0.1, 0.15) is 38.5 Å². The Morgan fingerprint density at radius 3 is 2.63 bits per heavy atom. The molecule has 0 aromatic rings. The summed E-state index contributed by atoms with van der Waals surface area (Å²) in [7, 11) is 0. The third-order valence-electron chi connectivity index (χ3n) is 5.73. The fraction of sp³-hybridized carbons (Fsp3) is 0.933. The number of carbonyl (C=O) groups is 1. The number of fused-ring (bicyclic) bond motifs is 2. The van der Waals surface area contributed by atoms with E-state index >= 15 is 0 Å². The van der Waals surface area contributed by atoms with Gasteiger partial charge in [0, 0.05) is 26.3 Å². The zero-order valence-corrected chi connectivity index (χ0v) is 11.7. The Morgan fingerprint density at radius 2 is 2.05 bits per heavy atom. The van der Waals surface area contributed by atoms with Gasteiger partial charge in [0.1, 0.15) is 0 Å². The third-order valence-corrected chi connectivity index (χ3v) is 5.73. The maximum Gasteiger partial charge on any atom is 0.227 e. The van der Waals surface area contributed by atoms with E-state index in [1.807, 2.05) is 0 Å². The molecule has 0 aromatic carbocycles. The minimum absolute atomic E-state index is 0.168. The number of carbonyl (C=O) groups excluding carboxylic acids is 1. The predicted molar refractivity (Wildman–Crippen MR) is 73.5 cm³/mol. The molecule has 3 rings (SSSR count). The molecule has 2 aliphatic carbocycles. The average Bonchev–Trinajstić information content (AvgIpc) is 3.08. The highest BCUT2D eigenvalue weighted by atomic mass is 16.5. The van der Waals surface area contributed by atoms with Gasteiger partial charge in [-0.25, -0.2) is 0 Å². The lowest BCUT2D eigenvalue weighted by Crippen LogP contribution is -2.50. The van der Waals surface area contributed by atoms with Crippen LogP contribution in [-0.2, 0) is 9.53 Å². The summed E-state index contributed by atoms with van der Waals surface area (Å²) in [5.41, 5.74) is 5.50. The van der Waals surface area contributed by atoms with E-state index in [1.165, 1.54) is 25.7 Å². The molecule has 3 unspecified atom stereocenters. The minimum Gasteiger partial charge on any atom is -0.381 e. The van der Waals surface area contributed by atoms with Gasteiger partial charge in [0.15, 0.2) is 0 Å². The molecule has 2 saturated carbocycles. The van der Waals surface area contributed by atoms with Crippen molar-refractivity contribution in [1.29, 1.82) is 0 Å². The van der Waals surface area contributed by atoms with Gasteiger partial charge in [0.05, 0.1) is 5.41 Å².